The summed E-state index contributed by atoms with van der Waals surface area (Å²) in [6.45, 7) is 3.79. The van der Waals surface area contributed by atoms with E-state index in [4.69, 9.17) is 0 Å². The van der Waals surface area contributed by atoms with E-state index >= 15 is 0 Å². The van der Waals surface area contributed by atoms with Gasteiger partial charge in [0, 0.05) is 10.9 Å². The molecule has 1 aliphatic heterocycles. The summed E-state index contributed by atoms with van der Waals surface area (Å²) in [5.41, 5.74) is 4.28. The Hall–Kier alpha value is -3.19. The number of hydrazone groups is 1. The second kappa shape index (κ2) is 7.20. The van der Waals surface area contributed by atoms with E-state index in [1.807, 2.05) is 66.9 Å². The zero-order valence-corrected chi connectivity index (χ0v) is 15.7. The van der Waals surface area contributed by atoms with E-state index in [0.29, 0.717) is 16.5 Å². The van der Waals surface area contributed by atoms with Crippen molar-refractivity contribution in [2.24, 2.45) is 15.3 Å². The molecule has 1 aliphatic rings. The standard InChI is InChI=1S/C20H17N5OS/c1-13-8-10-16(11-9-13)22-23-18-14(2)24-25(19(18)26)20-21-17(12-27-20)15-6-4-3-5-7-15/h3-12,18H,1-2H3. The first-order valence-corrected chi connectivity index (χ1v) is 9.37. The minimum absolute atomic E-state index is 0.239. The third-order valence-corrected chi connectivity index (χ3v) is 4.98. The Morgan fingerprint density at radius 2 is 1.78 bits per heavy atom. The fraction of sp³-hybridized carbons (Fsp3) is 0.150. The number of anilines is 1. The van der Waals surface area contributed by atoms with Gasteiger partial charge in [0.1, 0.15) is 0 Å². The van der Waals surface area contributed by atoms with Gasteiger partial charge in [0.2, 0.25) is 5.13 Å². The van der Waals surface area contributed by atoms with Crippen LogP contribution in [-0.2, 0) is 4.79 Å². The Morgan fingerprint density at radius 3 is 2.52 bits per heavy atom. The molecule has 134 valence electrons. The van der Waals surface area contributed by atoms with E-state index in [1.165, 1.54) is 16.3 Å². The maximum atomic E-state index is 12.8. The van der Waals surface area contributed by atoms with Crippen molar-refractivity contribution in [3.8, 4) is 11.3 Å². The maximum absolute atomic E-state index is 12.8. The zero-order valence-electron chi connectivity index (χ0n) is 14.9. The number of rotatable bonds is 4. The average molecular weight is 375 g/mol. The largest absolute Gasteiger partial charge is 0.282 e. The van der Waals surface area contributed by atoms with Gasteiger partial charge in [-0.05, 0) is 26.0 Å². The van der Waals surface area contributed by atoms with Crippen LogP contribution in [0.3, 0.4) is 0 Å². The number of nitrogens with zero attached hydrogens (tertiary/aromatic N) is 5. The van der Waals surface area contributed by atoms with Crippen molar-refractivity contribution >= 4 is 33.8 Å². The van der Waals surface area contributed by atoms with Gasteiger partial charge in [0.15, 0.2) is 6.04 Å². The fourth-order valence-electron chi connectivity index (χ4n) is 2.67. The number of benzene rings is 2. The summed E-state index contributed by atoms with van der Waals surface area (Å²) in [5, 5.41) is 16.5. The molecular formula is C20H17N5OS. The number of carbonyl (C=O) groups excluding carboxylic acids is 1. The van der Waals surface area contributed by atoms with Crippen LogP contribution in [0.4, 0.5) is 10.8 Å². The summed E-state index contributed by atoms with van der Waals surface area (Å²) in [4.78, 5) is 17.3. The molecule has 2 aromatic carbocycles. The molecule has 0 saturated carbocycles. The summed E-state index contributed by atoms with van der Waals surface area (Å²) in [7, 11) is 0. The van der Waals surface area contributed by atoms with Gasteiger partial charge in [-0.15, -0.1) is 11.3 Å². The van der Waals surface area contributed by atoms with Gasteiger partial charge < -0.3 is 0 Å². The molecule has 0 saturated heterocycles. The summed E-state index contributed by atoms with van der Waals surface area (Å²) in [6, 6.07) is 16.8. The van der Waals surface area contributed by atoms with Crippen LogP contribution in [0.2, 0.25) is 0 Å². The molecule has 0 bridgehead atoms. The molecule has 2 heterocycles. The number of azo groups is 1. The molecular weight excluding hydrogens is 358 g/mol. The van der Waals surface area contributed by atoms with Crippen LogP contribution in [0.15, 0.2) is 75.3 Å². The first-order chi connectivity index (χ1) is 13.1. The first-order valence-electron chi connectivity index (χ1n) is 8.49. The lowest BCUT2D eigenvalue weighted by Crippen LogP contribution is -2.29. The van der Waals surface area contributed by atoms with Crippen LogP contribution >= 0.6 is 11.3 Å². The molecule has 0 N–H and O–H groups in total. The van der Waals surface area contributed by atoms with Gasteiger partial charge in [-0.3, -0.25) is 4.79 Å². The topological polar surface area (TPSA) is 70.3 Å². The van der Waals surface area contributed by atoms with Gasteiger partial charge >= 0.3 is 0 Å². The lowest BCUT2D eigenvalue weighted by molar-refractivity contribution is -0.117. The fourth-order valence-corrected chi connectivity index (χ4v) is 3.45. The Labute approximate surface area is 160 Å². The predicted molar refractivity (Wildman–Crippen MR) is 108 cm³/mol. The summed E-state index contributed by atoms with van der Waals surface area (Å²) >= 11 is 1.38. The maximum Gasteiger partial charge on any atom is 0.282 e. The molecule has 1 aromatic heterocycles. The van der Waals surface area contributed by atoms with Crippen LogP contribution in [-0.4, -0.2) is 22.6 Å². The van der Waals surface area contributed by atoms with Crippen molar-refractivity contribution in [1.82, 2.24) is 4.98 Å². The number of aromatic nitrogens is 1. The molecule has 4 rings (SSSR count). The van der Waals surface area contributed by atoms with Crippen molar-refractivity contribution in [2.45, 2.75) is 19.9 Å². The molecule has 0 spiro atoms. The number of thiazole rings is 1. The third kappa shape index (κ3) is 3.54. The van der Waals surface area contributed by atoms with E-state index in [0.717, 1.165) is 16.8 Å². The monoisotopic (exact) mass is 375 g/mol. The van der Waals surface area contributed by atoms with E-state index in [-0.39, 0.29) is 5.91 Å². The van der Waals surface area contributed by atoms with E-state index < -0.39 is 6.04 Å². The molecule has 1 unspecified atom stereocenters. The van der Waals surface area contributed by atoms with Crippen LogP contribution in [0.5, 0.6) is 0 Å². The third-order valence-electron chi connectivity index (χ3n) is 4.16. The Balaban J connectivity index is 1.54. The molecule has 27 heavy (non-hydrogen) atoms. The zero-order chi connectivity index (χ0) is 18.8. The van der Waals surface area contributed by atoms with Gasteiger partial charge in [-0.2, -0.15) is 20.3 Å². The van der Waals surface area contributed by atoms with Crippen LogP contribution in [0.1, 0.15) is 12.5 Å². The molecule has 6 nitrogen and oxygen atoms in total. The highest BCUT2D eigenvalue weighted by Gasteiger charge is 2.36. The van der Waals surface area contributed by atoms with Crippen molar-refractivity contribution in [3.05, 3.63) is 65.5 Å². The van der Waals surface area contributed by atoms with Gasteiger partial charge in [-0.25, -0.2) is 4.98 Å². The normalized spacial score (nSPS) is 17.0. The Bertz CT molecular complexity index is 1020. The molecule has 7 heteroatoms. The van der Waals surface area contributed by atoms with Gasteiger partial charge in [0.05, 0.1) is 17.1 Å². The highest BCUT2D eigenvalue weighted by molar-refractivity contribution is 7.14. The van der Waals surface area contributed by atoms with Crippen LogP contribution in [0, 0.1) is 6.92 Å². The van der Waals surface area contributed by atoms with E-state index in [9.17, 15) is 4.79 Å². The molecule has 0 radical (unpaired) electrons. The van der Waals surface area contributed by atoms with Crippen LogP contribution < -0.4 is 5.01 Å². The average Bonchev–Trinajstić information content (AvgIpc) is 3.27. The Morgan fingerprint density at radius 1 is 1.04 bits per heavy atom. The summed E-state index contributed by atoms with van der Waals surface area (Å²) in [6.07, 6.45) is 0. The molecule has 1 atom stereocenters. The molecule has 1 amide bonds. The summed E-state index contributed by atoms with van der Waals surface area (Å²) < 4.78 is 0. The lowest BCUT2D eigenvalue weighted by Gasteiger charge is -2.08. The van der Waals surface area contributed by atoms with E-state index in [1.54, 1.807) is 6.92 Å². The summed E-state index contributed by atoms with van der Waals surface area (Å²) in [5.74, 6) is -0.239. The number of amides is 1. The molecule has 0 aliphatic carbocycles. The molecule has 3 aromatic rings. The first kappa shape index (κ1) is 17.2. The van der Waals surface area contributed by atoms with Crippen molar-refractivity contribution in [1.29, 1.82) is 0 Å². The second-order valence-corrected chi connectivity index (χ2v) is 7.06. The predicted octanol–water partition coefficient (Wildman–Crippen LogP) is 4.99. The van der Waals surface area contributed by atoms with Crippen molar-refractivity contribution < 1.29 is 4.79 Å². The number of hydrogen-bond acceptors (Lipinski definition) is 6. The quantitative estimate of drug-likeness (QED) is 0.603. The smallest absolute Gasteiger partial charge is 0.269 e. The Kier molecular flexibility index (Phi) is 4.60. The minimum Gasteiger partial charge on any atom is -0.269 e. The van der Waals surface area contributed by atoms with Crippen LogP contribution in [0.25, 0.3) is 11.3 Å². The van der Waals surface area contributed by atoms with Gasteiger partial charge in [-0.1, -0.05) is 48.0 Å². The minimum atomic E-state index is -0.713. The van der Waals surface area contributed by atoms with E-state index in [2.05, 4.69) is 20.3 Å². The van der Waals surface area contributed by atoms with Crippen molar-refractivity contribution in [2.75, 3.05) is 5.01 Å². The number of aryl methyl sites for hydroxylation is 1. The van der Waals surface area contributed by atoms with Crippen molar-refractivity contribution in [3.63, 3.8) is 0 Å². The highest BCUT2D eigenvalue weighted by Crippen LogP contribution is 2.30. The SMILES string of the molecule is CC1=NN(c2nc(-c3ccccc3)cs2)C(=O)C1N=Nc1ccc(C)cc1. The number of hydrogen-bond donors (Lipinski definition) is 0. The van der Waals surface area contributed by atoms with Gasteiger partial charge in [0.25, 0.3) is 5.91 Å². The molecule has 0 fully saturated rings. The number of carbonyl (C=O) groups is 1. The lowest BCUT2D eigenvalue weighted by atomic mass is 10.2. The second-order valence-electron chi connectivity index (χ2n) is 6.23. The highest BCUT2D eigenvalue weighted by atomic mass is 32.1.